The van der Waals surface area contributed by atoms with Gasteiger partial charge >= 0.3 is 0 Å². The van der Waals surface area contributed by atoms with Gasteiger partial charge in [-0.15, -0.1) is 0 Å². The van der Waals surface area contributed by atoms with Crippen LogP contribution in [0.4, 0.5) is 0 Å². The Labute approximate surface area is 103 Å². The molecule has 84 valence electrons. The number of halogens is 1. The molecule has 0 heterocycles. The van der Waals surface area contributed by atoms with E-state index < -0.39 is 6.10 Å². The van der Waals surface area contributed by atoms with Crippen molar-refractivity contribution >= 4 is 21.7 Å². The summed E-state index contributed by atoms with van der Waals surface area (Å²) in [6, 6.07) is 7.44. The molecule has 2 nitrogen and oxygen atoms in total. The number of aliphatic hydroxyl groups excluding tert-OH is 1. The Morgan fingerprint density at radius 2 is 2.06 bits per heavy atom. The maximum Gasteiger partial charge on any atom is 0.161 e. The first-order valence-electron chi connectivity index (χ1n) is 5.36. The molecule has 0 radical (unpaired) electrons. The van der Waals surface area contributed by atoms with Crippen LogP contribution in [0.2, 0.25) is 0 Å². The topological polar surface area (TPSA) is 37.3 Å². The maximum atomic E-state index is 11.7. The predicted molar refractivity (Wildman–Crippen MR) is 66.0 cm³/mol. The lowest BCUT2D eigenvalue weighted by Gasteiger charge is -2.18. The molecule has 0 fully saturated rings. The Bertz CT molecular complexity index is 437. The van der Waals surface area contributed by atoms with E-state index in [1.165, 1.54) is 0 Å². The highest BCUT2D eigenvalue weighted by atomic mass is 79.9. The number of carbonyl (C=O) groups is 1. The van der Waals surface area contributed by atoms with Crippen LogP contribution in [-0.2, 0) is 4.79 Å². The molecule has 3 heteroatoms. The molecular formula is C13H13BrO2. The van der Waals surface area contributed by atoms with Crippen LogP contribution in [0.25, 0.3) is 0 Å². The molecule has 1 N–H and O–H groups in total. The zero-order chi connectivity index (χ0) is 11.5. The van der Waals surface area contributed by atoms with Gasteiger partial charge in [0.05, 0.1) is 0 Å². The van der Waals surface area contributed by atoms with Crippen LogP contribution < -0.4 is 0 Å². The number of hydrogen-bond acceptors (Lipinski definition) is 2. The van der Waals surface area contributed by atoms with Gasteiger partial charge in [-0.05, 0) is 24.5 Å². The number of rotatable bonds is 2. The minimum atomic E-state index is -0.802. The lowest BCUT2D eigenvalue weighted by atomic mass is 9.91. The first kappa shape index (κ1) is 11.6. The number of aliphatic hydroxyl groups is 1. The van der Waals surface area contributed by atoms with Gasteiger partial charge in [-0.3, -0.25) is 4.79 Å². The minimum Gasteiger partial charge on any atom is -0.383 e. The van der Waals surface area contributed by atoms with Crippen molar-refractivity contribution in [1.29, 1.82) is 0 Å². The quantitative estimate of drug-likeness (QED) is 0.904. The maximum absolute atomic E-state index is 11.7. The second kappa shape index (κ2) is 4.93. The van der Waals surface area contributed by atoms with Crippen molar-refractivity contribution in [3.63, 3.8) is 0 Å². The Balaban J connectivity index is 2.32. The van der Waals surface area contributed by atoms with Crippen LogP contribution in [0.3, 0.4) is 0 Å². The van der Waals surface area contributed by atoms with Gasteiger partial charge in [-0.1, -0.05) is 40.2 Å². The third kappa shape index (κ3) is 2.25. The minimum absolute atomic E-state index is 0.0644. The Kier molecular flexibility index (Phi) is 3.56. The zero-order valence-electron chi connectivity index (χ0n) is 8.82. The van der Waals surface area contributed by atoms with Gasteiger partial charge in [0.1, 0.15) is 6.10 Å². The molecule has 1 aromatic rings. The van der Waals surface area contributed by atoms with Crippen molar-refractivity contribution in [2.45, 2.75) is 25.4 Å². The molecule has 0 saturated heterocycles. The van der Waals surface area contributed by atoms with Gasteiger partial charge in [0, 0.05) is 16.5 Å². The number of benzene rings is 1. The van der Waals surface area contributed by atoms with Gasteiger partial charge in [0.2, 0.25) is 0 Å². The lowest BCUT2D eigenvalue weighted by molar-refractivity contribution is -0.117. The SMILES string of the molecule is O=C1CCCC=C1[C@@H](O)c1ccccc1Br. The predicted octanol–water partition coefficient (Wildman–Crippen LogP) is 3.16. The number of ketones is 1. The van der Waals surface area contributed by atoms with E-state index in [-0.39, 0.29) is 5.78 Å². The summed E-state index contributed by atoms with van der Waals surface area (Å²) in [6.07, 6.45) is 3.38. The molecule has 1 aliphatic carbocycles. The van der Waals surface area contributed by atoms with E-state index in [1.807, 2.05) is 30.3 Å². The molecular weight excluding hydrogens is 268 g/mol. The summed E-state index contributed by atoms with van der Waals surface area (Å²) in [5.74, 6) is 0.0644. The van der Waals surface area contributed by atoms with Crippen molar-refractivity contribution in [2.75, 3.05) is 0 Å². The Hall–Kier alpha value is -0.930. The van der Waals surface area contributed by atoms with Crippen molar-refractivity contribution in [2.24, 2.45) is 0 Å². The highest BCUT2D eigenvalue weighted by Crippen LogP contribution is 2.31. The van der Waals surface area contributed by atoms with Crippen molar-refractivity contribution in [3.05, 3.63) is 46.0 Å². The lowest BCUT2D eigenvalue weighted by Crippen LogP contribution is -2.14. The average Bonchev–Trinajstić information content (AvgIpc) is 2.29. The van der Waals surface area contributed by atoms with Gasteiger partial charge in [0.25, 0.3) is 0 Å². The molecule has 0 saturated carbocycles. The number of hydrogen-bond donors (Lipinski definition) is 1. The summed E-state index contributed by atoms with van der Waals surface area (Å²) in [4.78, 5) is 11.7. The molecule has 0 aromatic heterocycles. The van der Waals surface area contributed by atoms with Crippen LogP contribution in [0.1, 0.15) is 30.9 Å². The monoisotopic (exact) mass is 280 g/mol. The summed E-state index contributed by atoms with van der Waals surface area (Å²) in [5.41, 5.74) is 1.29. The summed E-state index contributed by atoms with van der Waals surface area (Å²) < 4.78 is 0.835. The highest BCUT2D eigenvalue weighted by molar-refractivity contribution is 9.10. The fraction of sp³-hybridized carbons (Fsp3) is 0.308. The molecule has 0 bridgehead atoms. The highest BCUT2D eigenvalue weighted by Gasteiger charge is 2.23. The van der Waals surface area contributed by atoms with Gasteiger partial charge in [-0.2, -0.15) is 0 Å². The fourth-order valence-electron chi connectivity index (χ4n) is 1.91. The van der Waals surface area contributed by atoms with E-state index in [9.17, 15) is 9.90 Å². The first-order chi connectivity index (χ1) is 7.70. The third-order valence-electron chi connectivity index (χ3n) is 2.79. The summed E-state index contributed by atoms with van der Waals surface area (Å²) in [7, 11) is 0. The second-order valence-corrected chi connectivity index (χ2v) is 4.75. The molecule has 0 aliphatic heterocycles. The van der Waals surface area contributed by atoms with Gasteiger partial charge < -0.3 is 5.11 Å². The third-order valence-corrected chi connectivity index (χ3v) is 3.51. The second-order valence-electron chi connectivity index (χ2n) is 3.90. The van der Waals surface area contributed by atoms with E-state index in [0.29, 0.717) is 12.0 Å². The average molecular weight is 281 g/mol. The number of Topliss-reactive ketones (excluding diaryl/α,β-unsaturated/α-hetero) is 1. The standard InChI is InChI=1S/C13H13BrO2/c14-11-7-3-1-5-9(11)13(16)10-6-2-4-8-12(10)15/h1,3,5-7,13,16H,2,4,8H2/t13-/m0/s1. The normalized spacial score (nSPS) is 18.1. The summed E-state index contributed by atoms with van der Waals surface area (Å²) in [6.45, 7) is 0. The van der Waals surface area contributed by atoms with E-state index in [0.717, 1.165) is 22.9 Å². The van der Waals surface area contributed by atoms with Crippen LogP contribution in [-0.4, -0.2) is 10.9 Å². The molecule has 0 unspecified atom stereocenters. The molecule has 0 spiro atoms. The van der Waals surface area contributed by atoms with Crippen LogP contribution in [0.5, 0.6) is 0 Å². The number of allylic oxidation sites excluding steroid dienone is 1. The largest absolute Gasteiger partial charge is 0.383 e. The molecule has 2 rings (SSSR count). The molecule has 1 atom stereocenters. The van der Waals surface area contributed by atoms with E-state index in [2.05, 4.69) is 15.9 Å². The van der Waals surface area contributed by atoms with E-state index >= 15 is 0 Å². The zero-order valence-corrected chi connectivity index (χ0v) is 10.4. The smallest absolute Gasteiger partial charge is 0.161 e. The summed E-state index contributed by atoms with van der Waals surface area (Å²) in [5, 5.41) is 10.2. The summed E-state index contributed by atoms with van der Waals surface area (Å²) >= 11 is 3.38. The Morgan fingerprint density at radius 1 is 1.31 bits per heavy atom. The van der Waals surface area contributed by atoms with Gasteiger partial charge in [-0.25, -0.2) is 0 Å². The van der Waals surface area contributed by atoms with Crippen LogP contribution >= 0.6 is 15.9 Å². The van der Waals surface area contributed by atoms with Crippen molar-refractivity contribution < 1.29 is 9.90 Å². The number of carbonyl (C=O) groups excluding carboxylic acids is 1. The van der Waals surface area contributed by atoms with Crippen molar-refractivity contribution in [1.82, 2.24) is 0 Å². The van der Waals surface area contributed by atoms with E-state index in [1.54, 1.807) is 0 Å². The van der Waals surface area contributed by atoms with Gasteiger partial charge in [0.15, 0.2) is 5.78 Å². The van der Waals surface area contributed by atoms with E-state index in [4.69, 9.17) is 0 Å². The fourth-order valence-corrected chi connectivity index (χ4v) is 2.41. The Morgan fingerprint density at radius 3 is 2.75 bits per heavy atom. The van der Waals surface area contributed by atoms with Crippen LogP contribution in [0.15, 0.2) is 40.4 Å². The van der Waals surface area contributed by atoms with Crippen molar-refractivity contribution in [3.8, 4) is 0 Å². The molecule has 1 aromatic carbocycles. The molecule has 16 heavy (non-hydrogen) atoms. The molecule has 0 amide bonds. The first-order valence-corrected chi connectivity index (χ1v) is 6.15. The van der Waals surface area contributed by atoms with Crippen LogP contribution in [0, 0.1) is 0 Å². The molecule has 1 aliphatic rings.